The summed E-state index contributed by atoms with van der Waals surface area (Å²) in [5.41, 5.74) is 5.21. The molecule has 0 saturated heterocycles. The fraction of sp³-hybridized carbons (Fsp3) is 0. The van der Waals surface area contributed by atoms with Gasteiger partial charge in [-0.3, -0.25) is 14.9 Å². The van der Waals surface area contributed by atoms with Crippen molar-refractivity contribution in [2.24, 2.45) is 0 Å². The molecule has 68 valence electrons. The van der Waals surface area contributed by atoms with Gasteiger partial charge in [0.1, 0.15) is 0 Å². The Kier molecular flexibility index (Phi) is 2.48. The number of anilines is 1. The zero-order chi connectivity index (χ0) is 10.0. The van der Waals surface area contributed by atoms with Crippen LogP contribution in [0.1, 0.15) is 10.4 Å². The predicted molar refractivity (Wildman–Crippen MR) is 47.9 cm³/mol. The maximum Gasteiger partial charge on any atom is 0.271 e. The number of nitro benzene ring substituents is 1. The minimum atomic E-state index is -0.641. The van der Waals surface area contributed by atoms with Gasteiger partial charge in [0.05, 0.1) is 15.6 Å². The van der Waals surface area contributed by atoms with Crippen LogP contribution in [0, 0.1) is 10.1 Å². The summed E-state index contributed by atoms with van der Waals surface area (Å²) in [5, 5.41) is 10.3. The Hall–Kier alpha value is -1.62. The zero-order valence-corrected chi connectivity index (χ0v) is 7.12. The lowest BCUT2D eigenvalue weighted by Gasteiger charge is -2.00. The first-order valence-electron chi connectivity index (χ1n) is 3.25. The minimum absolute atomic E-state index is 0.0105. The fourth-order valence-corrected chi connectivity index (χ4v) is 1.05. The molecule has 0 amide bonds. The number of nitrogen functional groups attached to an aromatic ring is 1. The van der Waals surface area contributed by atoms with Crippen molar-refractivity contribution in [3.8, 4) is 0 Å². The van der Waals surface area contributed by atoms with Gasteiger partial charge in [-0.25, -0.2) is 0 Å². The summed E-state index contributed by atoms with van der Waals surface area (Å²) in [4.78, 5) is 20.1. The van der Waals surface area contributed by atoms with E-state index >= 15 is 0 Å². The Labute approximate surface area is 78.3 Å². The molecule has 0 fully saturated rings. The molecule has 0 aromatic heterocycles. The van der Waals surface area contributed by atoms with Crippen molar-refractivity contribution in [1.29, 1.82) is 0 Å². The summed E-state index contributed by atoms with van der Waals surface area (Å²) < 4.78 is 0. The highest BCUT2D eigenvalue weighted by atomic mass is 35.5. The first kappa shape index (κ1) is 9.47. The Morgan fingerprint density at radius 2 is 2.15 bits per heavy atom. The van der Waals surface area contributed by atoms with Crippen LogP contribution in [0.2, 0.25) is 5.02 Å². The first-order chi connectivity index (χ1) is 6.06. The predicted octanol–water partition coefficient (Wildman–Crippen LogP) is 1.64. The maximum absolute atomic E-state index is 10.4. The van der Waals surface area contributed by atoms with Crippen LogP contribution in [0.4, 0.5) is 11.4 Å². The lowest BCUT2D eigenvalue weighted by molar-refractivity contribution is -0.384. The zero-order valence-electron chi connectivity index (χ0n) is 6.36. The monoisotopic (exact) mass is 200 g/mol. The molecular weight excluding hydrogens is 196 g/mol. The largest absolute Gasteiger partial charge is 0.397 e. The van der Waals surface area contributed by atoms with Crippen LogP contribution >= 0.6 is 11.6 Å². The Bertz CT molecular complexity index is 378. The average Bonchev–Trinajstić information content (AvgIpc) is 2.09. The van der Waals surface area contributed by atoms with Crippen LogP contribution < -0.4 is 5.73 Å². The quantitative estimate of drug-likeness (QED) is 0.340. The van der Waals surface area contributed by atoms with Crippen molar-refractivity contribution in [2.75, 3.05) is 5.73 Å². The van der Waals surface area contributed by atoms with Crippen LogP contribution in [0.5, 0.6) is 0 Å². The third kappa shape index (κ3) is 1.75. The highest BCUT2D eigenvalue weighted by molar-refractivity contribution is 6.33. The van der Waals surface area contributed by atoms with E-state index in [0.717, 1.165) is 12.1 Å². The second-order valence-electron chi connectivity index (χ2n) is 2.31. The maximum atomic E-state index is 10.4. The minimum Gasteiger partial charge on any atom is -0.397 e. The lowest BCUT2D eigenvalue weighted by Crippen LogP contribution is -1.97. The number of hydrogen-bond acceptors (Lipinski definition) is 4. The Balaban J connectivity index is 3.38. The number of carbonyl (C=O) groups excluding carboxylic acids is 1. The topological polar surface area (TPSA) is 86.2 Å². The van der Waals surface area contributed by atoms with E-state index in [-0.39, 0.29) is 22.0 Å². The van der Waals surface area contributed by atoms with Crippen molar-refractivity contribution in [3.63, 3.8) is 0 Å². The standard InChI is InChI=1S/C7H5ClN2O3/c8-6-2-5(10(12)13)1-4(3-11)7(6)9/h1-3H,9H2. The van der Waals surface area contributed by atoms with Gasteiger partial charge in [0.15, 0.2) is 6.29 Å². The van der Waals surface area contributed by atoms with E-state index in [0.29, 0.717) is 6.29 Å². The highest BCUT2D eigenvalue weighted by Gasteiger charge is 2.12. The van der Waals surface area contributed by atoms with Gasteiger partial charge < -0.3 is 5.73 Å². The number of nitro groups is 1. The Morgan fingerprint density at radius 1 is 1.54 bits per heavy atom. The van der Waals surface area contributed by atoms with E-state index in [4.69, 9.17) is 17.3 Å². The molecule has 0 aliphatic rings. The van der Waals surface area contributed by atoms with Gasteiger partial charge in [-0.1, -0.05) is 11.6 Å². The SMILES string of the molecule is Nc1c(Cl)cc([N+](=O)[O-])cc1C=O. The number of rotatable bonds is 2. The van der Waals surface area contributed by atoms with Crippen LogP contribution in [0.3, 0.4) is 0 Å². The third-order valence-corrected chi connectivity index (χ3v) is 1.80. The molecule has 6 heteroatoms. The van der Waals surface area contributed by atoms with E-state index in [1.807, 2.05) is 0 Å². The molecule has 2 N–H and O–H groups in total. The molecule has 0 aliphatic heterocycles. The number of halogens is 1. The number of non-ortho nitro benzene ring substituents is 1. The molecule has 1 aromatic carbocycles. The third-order valence-electron chi connectivity index (χ3n) is 1.48. The molecule has 0 radical (unpaired) electrons. The van der Waals surface area contributed by atoms with E-state index in [1.54, 1.807) is 0 Å². The van der Waals surface area contributed by atoms with Crippen molar-refractivity contribution in [2.45, 2.75) is 0 Å². The van der Waals surface area contributed by atoms with Gasteiger partial charge >= 0.3 is 0 Å². The van der Waals surface area contributed by atoms with Crippen molar-refractivity contribution >= 4 is 29.3 Å². The van der Waals surface area contributed by atoms with E-state index in [2.05, 4.69) is 0 Å². The lowest BCUT2D eigenvalue weighted by atomic mass is 10.2. The normalized spacial score (nSPS) is 9.62. The molecule has 0 bridgehead atoms. The molecular formula is C7H5ClN2O3. The molecule has 0 saturated carbocycles. The summed E-state index contributed by atoms with van der Waals surface area (Å²) in [6.45, 7) is 0. The van der Waals surface area contributed by atoms with Crippen LogP contribution in [-0.4, -0.2) is 11.2 Å². The smallest absolute Gasteiger partial charge is 0.271 e. The highest BCUT2D eigenvalue weighted by Crippen LogP contribution is 2.27. The summed E-state index contributed by atoms with van der Waals surface area (Å²) in [6, 6.07) is 2.18. The second-order valence-corrected chi connectivity index (χ2v) is 2.71. The summed E-state index contributed by atoms with van der Waals surface area (Å²) >= 11 is 5.55. The van der Waals surface area contributed by atoms with Gasteiger partial charge in [-0.2, -0.15) is 0 Å². The van der Waals surface area contributed by atoms with Crippen LogP contribution in [-0.2, 0) is 0 Å². The van der Waals surface area contributed by atoms with Crippen LogP contribution in [0.15, 0.2) is 12.1 Å². The molecule has 1 rings (SSSR count). The molecule has 0 spiro atoms. The van der Waals surface area contributed by atoms with Gasteiger partial charge in [-0.05, 0) is 0 Å². The van der Waals surface area contributed by atoms with E-state index < -0.39 is 4.92 Å². The Morgan fingerprint density at radius 3 is 2.62 bits per heavy atom. The number of nitrogens with zero attached hydrogens (tertiary/aromatic N) is 1. The molecule has 13 heavy (non-hydrogen) atoms. The molecule has 5 nitrogen and oxygen atoms in total. The summed E-state index contributed by atoms with van der Waals surface area (Å²) in [6.07, 6.45) is 0.425. The number of benzene rings is 1. The molecule has 0 aliphatic carbocycles. The van der Waals surface area contributed by atoms with Gasteiger partial charge in [0, 0.05) is 17.7 Å². The molecule has 0 unspecified atom stereocenters. The summed E-state index contributed by atoms with van der Waals surface area (Å²) in [5.74, 6) is 0. The van der Waals surface area contributed by atoms with Crippen molar-refractivity contribution in [1.82, 2.24) is 0 Å². The van der Waals surface area contributed by atoms with Crippen LogP contribution in [0.25, 0.3) is 0 Å². The van der Waals surface area contributed by atoms with Crippen molar-refractivity contribution in [3.05, 3.63) is 32.8 Å². The van der Waals surface area contributed by atoms with Gasteiger partial charge in [0.25, 0.3) is 5.69 Å². The van der Waals surface area contributed by atoms with Crippen molar-refractivity contribution < 1.29 is 9.72 Å². The average molecular weight is 201 g/mol. The van der Waals surface area contributed by atoms with E-state index in [9.17, 15) is 14.9 Å². The first-order valence-corrected chi connectivity index (χ1v) is 3.62. The number of aldehydes is 1. The summed E-state index contributed by atoms with van der Waals surface area (Å²) in [7, 11) is 0. The molecule has 0 heterocycles. The molecule has 1 aromatic rings. The fourth-order valence-electron chi connectivity index (χ4n) is 0.827. The van der Waals surface area contributed by atoms with Gasteiger partial charge in [0.2, 0.25) is 0 Å². The van der Waals surface area contributed by atoms with Gasteiger partial charge in [-0.15, -0.1) is 0 Å². The number of carbonyl (C=O) groups is 1. The number of hydrogen-bond donors (Lipinski definition) is 1. The van der Waals surface area contributed by atoms with E-state index in [1.165, 1.54) is 0 Å². The molecule has 0 atom stereocenters. The second kappa shape index (κ2) is 3.40. The number of nitrogens with two attached hydrogens (primary N) is 1.